The van der Waals surface area contributed by atoms with E-state index in [1.54, 1.807) is 23.7 Å². The molecule has 0 bridgehead atoms. The zero-order chi connectivity index (χ0) is 16.1. The van der Waals surface area contributed by atoms with Crippen LogP contribution in [0.25, 0.3) is 5.69 Å². The van der Waals surface area contributed by atoms with Crippen LogP contribution >= 0.6 is 0 Å². The number of carbonyl (C=O) groups excluding carboxylic acids is 1. The third-order valence-corrected chi connectivity index (χ3v) is 3.25. The third-order valence-electron chi connectivity index (χ3n) is 3.25. The van der Waals surface area contributed by atoms with Crippen molar-refractivity contribution in [1.29, 1.82) is 0 Å². The maximum Gasteiger partial charge on any atom is 0.303 e. The molecular weight excluding hydrogens is 282 g/mol. The van der Waals surface area contributed by atoms with E-state index in [2.05, 4.69) is 10.4 Å². The van der Waals surface area contributed by atoms with Crippen molar-refractivity contribution < 1.29 is 14.7 Å². The average Bonchev–Trinajstić information content (AvgIpc) is 2.91. The Bertz CT molecular complexity index is 662. The Morgan fingerprint density at radius 3 is 2.50 bits per heavy atom. The van der Waals surface area contributed by atoms with Crippen molar-refractivity contribution in [3.05, 3.63) is 47.8 Å². The molecule has 0 fully saturated rings. The lowest BCUT2D eigenvalue weighted by Gasteiger charge is -2.10. The molecule has 1 atom stereocenters. The molecule has 0 saturated carbocycles. The monoisotopic (exact) mass is 301 g/mol. The normalized spacial score (nSPS) is 11.9. The summed E-state index contributed by atoms with van der Waals surface area (Å²) in [6, 6.07) is 9.00. The van der Waals surface area contributed by atoms with E-state index >= 15 is 0 Å². The lowest BCUT2D eigenvalue weighted by Crippen LogP contribution is -2.29. The van der Waals surface area contributed by atoms with E-state index in [1.165, 1.54) is 0 Å². The van der Waals surface area contributed by atoms with Gasteiger partial charge in [0.1, 0.15) is 0 Å². The molecule has 116 valence electrons. The van der Waals surface area contributed by atoms with E-state index in [0.717, 1.165) is 11.4 Å². The fourth-order valence-electron chi connectivity index (χ4n) is 2.06. The second-order valence-electron chi connectivity index (χ2n) is 5.36. The highest BCUT2D eigenvalue weighted by molar-refractivity contribution is 5.94. The van der Waals surface area contributed by atoms with Gasteiger partial charge in [0.2, 0.25) is 0 Å². The summed E-state index contributed by atoms with van der Waals surface area (Å²) in [5, 5.41) is 15.7. The molecule has 2 rings (SSSR count). The molecule has 0 aliphatic heterocycles. The van der Waals surface area contributed by atoms with Crippen molar-refractivity contribution in [2.75, 3.05) is 6.54 Å². The highest BCUT2D eigenvalue weighted by Crippen LogP contribution is 2.10. The van der Waals surface area contributed by atoms with E-state index in [0.29, 0.717) is 12.1 Å². The van der Waals surface area contributed by atoms with Crippen LogP contribution in [0, 0.1) is 12.8 Å². The Hall–Kier alpha value is -2.63. The van der Waals surface area contributed by atoms with Crippen molar-refractivity contribution >= 4 is 11.9 Å². The second-order valence-corrected chi connectivity index (χ2v) is 5.36. The number of carboxylic acid groups (broad SMARTS) is 1. The molecular formula is C16H19N3O3. The van der Waals surface area contributed by atoms with E-state index in [-0.39, 0.29) is 18.2 Å². The minimum Gasteiger partial charge on any atom is -0.481 e. The standard InChI is InChI=1S/C16H19N3O3/c1-11(9-15(20)21)10-17-16(22)13-3-5-14(6-4-13)19-8-7-12(2)18-19/h3-8,11H,9-10H2,1-2H3,(H,17,22)(H,20,21). The highest BCUT2D eigenvalue weighted by Gasteiger charge is 2.11. The number of nitrogens with one attached hydrogen (secondary N) is 1. The fraction of sp³-hybridized carbons (Fsp3) is 0.312. The van der Waals surface area contributed by atoms with Crippen molar-refractivity contribution in [2.24, 2.45) is 5.92 Å². The van der Waals surface area contributed by atoms with Gasteiger partial charge in [-0.15, -0.1) is 0 Å². The van der Waals surface area contributed by atoms with Gasteiger partial charge in [-0.05, 0) is 43.2 Å². The number of aromatic nitrogens is 2. The maximum absolute atomic E-state index is 12.0. The van der Waals surface area contributed by atoms with Crippen LogP contribution in [0.4, 0.5) is 0 Å². The van der Waals surface area contributed by atoms with Gasteiger partial charge in [0.25, 0.3) is 5.91 Å². The van der Waals surface area contributed by atoms with E-state index in [9.17, 15) is 9.59 Å². The molecule has 1 aromatic heterocycles. The number of carboxylic acids is 1. The van der Waals surface area contributed by atoms with Crippen LogP contribution in [-0.4, -0.2) is 33.3 Å². The molecule has 2 aromatic rings. The minimum absolute atomic E-state index is 0.0396. The number of amides is 1. The van der Waals surface area contributed by atoms with Gasteiger partial charge in [0.05, 0.1) is 11.4 Å². The topological polar surface area (TPSA) is 84.2 Å². The number of rotatable bonds is 6. The summed E-state index contributed by atoms with van der Waals surface area (Å²) in [6.45, 7) is 4.04. The smallest absolute Gasteiger partial charge is 0.303 e. The molecule has 2 N–H and O–H groups in total. The van der Waals surface area contributed by atoms with Crippen LogP contribution in [0.5, 0.6) is 0 Å². The van der Waals surface area contributed by atoms with E-state index < -0.39 is 5.97 Å². The van der Waals surface area contributed by atoms with Crippen LogP contribution in [0.15, 0.2) is 36.5 Å². The third kappa shape index (κ3) is 4.18. The van der Waals surface area contributed by atoms with Gasteiger partial charge in [0.15, 0.2) is 0 Å². The summed E-state index contributed by atoms with van der Waals surface area (Å²) in [5.74, 6) is -1.17. The Kier molecular flexibility index (Phi) is 4.93. The Balaban J connectivity index is 1.95. The maximum atomic E-state index is 12.0. The zero-order valence-electron chi connectivity index (χ0n) is 12.6. The summed E-state index contributed by atoms with van der Waals surface area (Å²) >= 11 is 0. The predicted octanol–water partition coefficient (Wildman–Crippen LogP) is 2.02. The van der Waals surface area contributed by atoms with Crippen LogP contribution in [0.1, 0.15) is 29.4 Å². The van der Waals surface area contributed by atoms with Crippen LogP contribution in [-0.2, 0) is 4.79 Å². The molecule has 1 heterocycles. The molecule has 0 spiro atoms. The average molecular weight is 301 g/mol. The predicted molar refractivity (Wildman–Crippen MR) is 82.1 cm³/mol. The first kappa shape index (κ1) is 15.8. The Morgan fingerprint density at radius 1 is 1.27 bits per heavy atom. The first-order valence-electron chi connectivity index (χ1n) is 7.08. The molecule has 1 aromatic carbocycles. The molecule has 0 aliphatic carbocycles. The molecule has 1 unspecified atom stereocenters. The molecule has 6 nitrogen and oxygen atoms in total. The van der Waals surface area contributed by atoms with Crippen LogP contribution in [0.3, 0.4) is 0 Å². The lowest BCUT2D eigenvalue weighted by atomic mass is 10.1. The number of benzene rings is 1. The van der Waals surface area contributed by atoms with Crippen molar-refractivity contribution in [1.82, 2.24) is 15.1 Å². The lowest BCUT2D eigenvalue weighted by molar-refractivity contribution is -0.137. The van der Waals surface area contributed by atoms with Gasteiger partial charge in [-0.2, -0.15) is 5.10 Å². The summed E-state index contributed by atoms with van der Waals surface area (Å²) in [5.41, 5.74) is 2.34. The number of carbonyl (C=O) groups is 2. The molecule has 0 aliphatic rings. The van der Waals surface area contributed by atoms with Crippen LogP contribution < -0.4 is 5.32 Å². The van der Waals surface area contributed by atoms with Gasteiger partial charge in [0, 0.05) is 24.7 Å². The van der Waals surface area contributed by atoms with Gasteiger partial charge < -0.3 is 10.4 Å². The van der Waals surface area contributed by atoms with Crippen molar-refractivity contribution in [3.63, 3.8) is 0 Å². The van der Waals surface area contributed by atoms with Crippen molar-refractivity contribution in [2.45, 2.75) is 20.3 Å². The number of hydrogen-bond acceptors (Lipinski definition) is 3. The Labute approximate surface area is 128 Å². The highest BCUT2D eigenvalue weighted by atomic mass is 16.4. The number of hydrogen-bond donors (Lipinski definition) is 2. The quantitative estimate of drug-likeness (QED) is 0.855. The number of aryl methyl sites for hydroxylation is 1. The number of aliphatic carboxylic acids is 1. The number of nitrogens with zero attached hydrogens (tertiary/aromatic N) is 2. The first-order valence-corrected chi connectivity index (χ1v) is 7.08. The van der Waals surface area contributed by atoms with Gasteiger partial charge in [-0.3, -0.25) is 9.59 Å². The fourth-order valence-corrected chi connectivity index (χ4v) is 2.06. The summed E-state index contributed by atoms with van der Waals surface area (Å²) in [4.78, 5) is 22.6. The SMILES string of the molecule is Cc1ccn(-c2ccc(C(=O)NCC(C)CC(=O)O)cc2)n1. The van der Waals surface area contributed by atoms with Gasteiger partial charge >= 0.3 is 5.97 Å². The van der Waals surface area contributed by atoms with E-state index in [4.69, 9.17) is 5.11 Å². The molecule has 6 heteroatoms. The largest absolute Gasteiger partial charge is 0.481 e. The first-order chi connectivity index (χ1) is 10.5. The summed E-state index contributed by atoms with van der Waals surface area (Å²) in [6.07, 6.45) is 1.90. The molecule has 0 saturated heterocycles. The Morgan fingerprint density at radius 2 is 1.95 bits per heavy atom. The van der Waals surface area contributed by atoms with Crippen molar-refractivity contribution in [3.8, 4) is 5.69 Å². The van der Waals surface area contributed by atoms with Gasteiger partial charge in [-0.1, -0.05) is 6.92 Å². The minimum atomic E-state index is -0.861. The summed E-state index contributed by atoms with van der Waals surface area (Å²) < 4.78 is 1.74. The van der Waals surface area contributed by atoms with Crippen LogP contribution in [0.2, 0.25) is 0 Å². The molecule has 1 amide bonds. The molecule has 22 heavy (non-hydrogen) atoms. The second kappa shape index (κ2) is 6.89. The molecule has 0 radical (unpaired) electrons. The van der Waals surface area contributed by atoms with E-state index in [1.807, 2.05) is 31.3 Å². The van der Waals surface area contributed by atoms with Gasteiger partial charge in [-0.25, -0.2) is 4.68 Å². The summed E-state index contributed by atoms with van der Waals surface area (Å²) in [7, 11) is 0. The zero-order valence-corrected chi connectivity index (χ0v) is 12.6.